The van der Waals surface area contributed by atoms with Crippen LogP contribution in [0.2, 0.25) is 0 Å². The molecule has 4 bridgehead atoms. The molecule has 2 aromatic carbocycles. The average Bonchev–Trinajstić information content (AvgIpc) is 3.53. The molecule has 0 radical (unpaired) electrons. The normalized spacial score (nSPS) is 40.8. The van der Waals surface area contributed by atoms with E-state index in [9.17, 15) is 9.59 Å². The molecule has 166 valence electrons. The number of ether oxygens (including phenoxy) is 3. The summed E-state index contributed by atoms with van der Waals surface area (Å²) < 4.78 is 19.0. The quantitative estimate of drug-likeness (QED) is 0.658. The average molecular weight is 433 g/mol. The van der Waals surface area contributed by atoms with Crippen LogP contribution in [0.3, 0.4) is 0 Å². The van der Waals surface area contributed by atoms with Gasteiger partial charge < -0.3 is 14.2 Å². The van der Waals surface area contributed by atoms with Crippen LogP contribution in [-0.2, 0) is 14.2 Å². The van der Waals surface area contributed by atoms with Crippen molar-refractivity contribution < 1.29 is 23.8 Å². The van der Waals surface area contributed by atoms with Crippen molar-refractivity contribution in [3.63, 3.8) is 0 Å². The zero-order valence-corrected chi connectivity index (χ0v) is 18.4. The molecule has 2 heterocycles. The number of carbonyl (C=O) groups is 2. The Labute approximate surface area is 188 Å². The Kier molecular flexibility index (Phi) is 4.32. The Morgan fingerprint density at radius 1 is 0.750 bits per heavy atom. The Morgan fingerprint density at radius 3 is 1.56 bits per heavy atom. The first-order valence-corrected chi connectivity index (χ1v) is 11.6. The van der Waals surface area contributed by atoms with E-state index < -0.39 is 35.3 Å². The van der Waals surface area contributed by atoms with E-state index in [0.29, 0.717) is 34.8 Å². The van der Waals surface area contributed by atoms with Gasteiger partial charge in [-0.05, 0) is 69.2 Å². The van der Waals surface area contributed by atoms with Crippen molar-refractivity contribution in [3.8, 4) is 0 Å². The van der Waals surface area contributed by atoms with E-state index in [1.807, 2.05) is 36.4 Å². The molecule has 0 spiro atoms. The first kappa shape index (κ1) is 20.0. The van der Waals surface area contributed by atoms with Gasteiger partial charge in [0.2, 0.25) is 0 Å². The van der Waals surface area contributed by atoms with Crippen LogP contribution < -0.4 is 0 Å². The molecule has 0 aromatic heterocycles. The SMILES string of the molecule is CC12OC(C)(C(OC(=O)c3ccccc3)C1OC(=O)c1ccccc1)C1C3CCC(C3)C12. The standard InChI is InChI=1S/C27H28O5/c1-26-20-18-13-14-19(15-18)21(20)27(2,32-26)23(31-25(29)17-11-7-4-8-12-17)22(26)30-24(28)16-9-5-3-6-10-16/h3-12,18-23H,13-15H2,1-2H3. The van der Waals surface area contributed by atoms with E-state index in [0.717, 1.165) is 0 Å². The fourth-order valence-electron chi connectivity index (χ4n) is 7.52. The van der Waals surface area contributed by atoms with Gasteiger partial charge in [-0.3, -0.25) is 0 Å². The molecule has 0 amide bonds. The molecule has 32 heavy (non-hydrogen) atoms. The zero-order valence-electron chi connectivity index (χ0n) is 18.4. The van der Waals surface area contributed by atoms with E-state index in [4.69, 9.17) is 14.2 Å². The van der Waals surface area contributed by atoms with Gasteiger partial charge in [0.25, 0.3) is 0 Å². The highest BCUT2D eigenvalue weighted by Crippen LogP contribution is 2.71. The summed E-state index contributed by atoms with van der Waals surface area (Å²) in [6.07, 6.45) is 2.31. The summed E-state index contributed by atoms with van der Waals surface area (Å²) in [5, 5.41) is 0. The van der Waals surface area contributed by atoms with E-state index >= 15 is 0 Å². The van der Waals surface area contributed by atoms with Crippen LogP contribution in [0.15, 0.2) is 60.7 Å². The van der Waals surface area contributed by atoms with Gasteiger partial charge in [0, 0.05) is 11.8 Å². The Morgan fingerprint density at radius 2 is 1.16 bits per heavy atom. The van der Waals surface area contributed by atoms with E-state index in [1.165, 1.54) is 19.3 Å². The van der Waals surface area contributed by atoms with Gasteiger partial charge in [-0.1, -0.05) is 36.4 Å². The number of carbonyl (C=O) groups excluding carboxylic acids is 2. The minimum atomic E-state index is -0.661. The third-order valence-electron chi connectivity index (χ3n) is 8.57. The summed E-state index contributed by atoms with van der Waals surface area (Å²) in [5.74, 6) is 1.01. The summed E-state index contributed by atoms with van der Waals surface area (Å²) in [6, 6.07) is 18.0. The molecule has 0 N–H and O–H groups in total. The van der Waals surface area contributed by atoms with Gasteiger partial charge in [-0.25, -0.2) is 9.59 Å². The highest BCUT2D eigenvalue weighted by molar-refractivity contribution is 5.90. The third-order valence-corrected chi connectivity index (χ3v) is 8.57. The number of benzene rings is 2. The van der Waals surface area contributed by atoms with Crippen LogP contribution in [0.25, 0.3) is 0 Å². The van der Waals surface area contributed by atoms with Crippen molar-refractivity contribution in [3.05, 3.63) is 71.8 Å². The highest BCUT2D eigenvalue weighted by atomic mass is 16.7. The van der Waals surface area contributed by atoms with E-state index in [1.54, 1.807) is 24.3 Å². The van der Waals surface area contributed by atoms with Gasteiger partial charge in [-0.15, -0.1) is 0 Å². The molecule has 2 aliphatic carbocycles. The summed E-state index contributed by atoms with van der Waals surface area (Å²) in [5.41, 5.74) is -0.347. The molecule has 4 fully saturated rings. The Balaban J connectivity index is 1.36. The molecule has 5 heteroatoms. The van der Waals surface area contributed by atoms with E-state index in [2.05, 4.69) is 13.8 Å². The lowest BCUT2D eigenvalue weighted by molar-refractivity contribution is -0.0983. The minimum Gasteiger partial charge on any atom is -0.452 e. The molecule has 2 aromatic rings. The van der Waals surface area contributed by atoms with Crippen molar-refractivity contribution in [2.75, 3.05) is 0 Å². The predicted molar refractivity (Wildman–Crippen MR) is 117 cm³/mol. The van der Waals surface area contributed by atoms with Crippen LogP contribution in [0.5, 0.6) is 0 Å². The molecule has 4 aliphatic rings. The number of hydrogen-bond donors (Lipinski definition) is 0. The van der Waals surface area contributed by atoms with Crippen LogP contribution in [0.1, 0.15) is 53.8 Å². The van der Waals surface area contributed by atoms with Gasteiger partial charge in [-0.2, -0.15) is 0 Å². The van der Waals surface area contributed by atoms with E-state index in [-0.39, 0.29) is 0 Å². The maximum atomic E-state index is 13.1. The third kappa shape index (κ3) is 2.67. The molecule has 5 nitrogen and oxygen atoms in total. The van der Waals surface area contributed by atoms with Crippen LogP contribution in [0.4, 0.5) is 0 Å². The molecular weight excluding hydrogens is 404 g/mol. The van der Waals surface area contributed by atoms with Crippen molar-refractivity contribution in [2.24, 2.45) is 23.7 Å². The lowest BCUT2D eigenvalue weighted by Crippen LogP contribution is -2.60. The molecular formula is C27H28O5. The lowest BCUT2D eigenvalue weighted by atomic mass is 9.60. The second kappa shape index (κ2) is 6.92. The summed E-state index contributed by atoms with van der Waals surface area (Å²) >= 11 is 0. The van der Waals surface area contributed by atoms with Crippen molar-refractivity contribution >= 4 is 11.9 Å². The van der Waals surface area contributed by atoms with Gasteiger partial charge >= 0.3 is 11.9 Å². The number of esters is 2. The van der Waals surface area contributed by atoms with Gasteiger partial charge in [0.15, 0.2) is 12.2 Å². The smallest absolute Gasteiger partial charge is 0.338 e. The predicted octanol–water partition coefficient (Wildman–Crippen LogP) is 4.66. The summed E-state index contributed by atoms with van der Waals surface area (Å²) in [7, 11) is 0. The summed E-state index contributed by atoms with van der Waals surface area (Å²) in [6.45, 7) is 4.13. The fraction of sp³-hybridized carbons (Fsp3) is 0.481. The topological polar surface area (TPSA) is 61.8 Å². The molecule has 2 saturated heterocycles. The number of rotatable bonds is 4. The number of hydrogen-bond acceptors (Lipinski definition) is 5. The van der Waals surface area contributed by atoms with Crippen LogP contribution >= 0.6 is 0 Å². The maximum Gasteiger partial charge on any atom is 0.338 e. The first-order chi connectivity index (χ1) is 15.4. The van der Waals surface area contributed by atoms with Crippen molar-refractivity contribution in [2.45, 2.75) is 56.5 Å². The highest BCUT2D eigenvalue weighted by Gasteiger charge is 2.79. The van der Waals surface area contributed by atoms with Crippen LogP contribution in [-0.4, -0.2) is 35.3 Å². The number of fused-ring (bicyclic) bond motifs is 9. The van der Waals surface area contributed by atoms with Crippen molar-refractivity contribution in [1.82, 2.24) is 0 Å². The largest absolute Gasteiger partial charge is 0.452 e. The second-order valence-electron chi connectivity index (χ2n) is 10.2. The summed E-state index contributed by atoms with van der Waals surface area (Å²) in [4.78, 5) is 26.1. The molecule has 2 aliphatic heterocycles. The molecule has 8 atom stereocenters. The molecule has 8 unspecified atom stereocenters. The molecule has 2 saturated carbocycles. The lowest BCUT2D eigenvalue weighted by Gasteiger charge is -2.46. The zero-order chi connectivity index (χ0) is 22.1. The fourth-order valence-corrected chi connectivity index (χ4v) is 7.52. The van der Waals surface area contributed by atoms with Crippen LogP contribution in [0, 0.1) is 23.7 Å². The molecule has 6 rings (SSSR count). The van der Waals surface area contributed by atoms with Crippen molar-refractivity contribution in [1.29, 1.82) is 0 Å². The monoisotopic (exact) mass is 432 g/mol. The second-order valence-corrected chi connectivity index (χ2v) is 10.2. The maximum absolute atomic E-state index is 13.1. The first-order valence-electron chi connectivity index (χ1n) is 11.6. The Hall–Kier alpha value is -2.66. The minimum absolute atomic E-state index is 0.325. The van der Waals surface area contributed by atoms with Gasteiger partial charge in [0.05, 0.1) is 11.1 Å². The van der Waals surface area contributed by atoms with Gasteiger partial charge in [0.1, 0.15) is 11.2 Å². The Bertz CT molecular complexity index is 969.